The molecule has 0 radical (unpaired) electrons. The number of nitrogens with one attached hydrogen (secondary N) is 2. The van der Waals surface area contributed by atoms with Crippen LogP contribution in [0.4, 0.5) is 24.5 Å². The van der Waals surface area contributed by atoms with E-state index in [9.17, 15) is 26.4 Å². The molecule has 0 aromatic heterocycles. The van der Waals surface area contributed by atoms with Crippen LogP contribution in [0.5, 0.6) is 0 Å². The highest BCUT2D eigenvalue weighted by Gasteiger charge is 2.26. The van der Waals surface area contributed by atoms with Crippen molar-refractivity contribution in [3.05, 3.63) is 53.8 Å². The average Bonchev–Trinajstić information content (AvgIpc) is 2.72. The fraction of sp³-hybridized carbons (Fsp3) is 0.316. The molecule has 2 aromatic carbocycles. The van der Waals surface area contributed by atoms with Crippen LogP contribution in [-0.2, 0) is 14.8 Å². The lowest BCUT2D eigenvalue weighted by Crippen LogP contribution is -2.35. The molecule has 0 saturated carbocycles. The van der Waals surface area contributed by atoms with E-state index in [0.29, 0.717) is 13.1 Å². The first-order valence-electron chi connectivity index (χ1n) is 9.06. The van der Waals surface area contributed by atoms with Crippen molar-refractivity contribution in [3.8, 4) is 0 Å². The van der Waals surface area contributed by atoms with Crippen LogP contribution in [0, 0.1) is 17.5 Å². The summed E-state index contributed by atoms with van der Waals surface area (Å²) in [7, 11) is -3.65. The third kappa shape index (κ3) is 4.88. The highest BCUT2D eigenvalue weighted by Crippen LogP contribution is 2.23. The molecule has 2 N–H and O–H groups in total. The van der Waals surface area contributed by atoms with Crippen LogP contribution in [0.1, 0.15) is 19.3 Å². The van der Waals surface area contributed by atoms with Crippen LogP contribution in [0.3, 0.4) is 0 Å². The van der Waals surface area contributed by atoms with Gasteiger partial charge in [-0.2, -0.15) is 4.31 Å². The van der Waals surface area contributed by atoms with Crippen LogP contribution in [-0.4, -0.2) is 38.3 Å². The van der Waals surface area contributed by atoms with Gasteiger partial charge in [-0.15, -0.1) is 0 Å². The van der Waals surface area contributed by atoms with Crippen LogP contribution in [0.15, 0.2) is 41.3 Å². The van der Waals surface area contributed by atoms with E-state index >= 15 is 0 Å². The maximum absolute atomic E-state index is 13.6. The molecule has 1 amide bonds. The maximum atomic E-state index is 13.6. The van der Waals surface area contributed by atoms with Gasteiger partial charge in [0.05, 0.1) is 17.1 Å². The molecule has 0 bridgehead atoms. The molecule has 1 aliphatic heterocycles. The summed E-state index contributed by atoms with van der Waals surface area (Å²) in [5, 5.41) is 4.88. The summed E-state index contributed by atoms with van der Waals surface area (Å²) in [5.74, 6) is -5.00. The summed E-state index contributed by atoms with van der Waals surface area (Å²) >= 11 is 0. The summed E-state index contributed by atoms with van der Waals surface area (Å²) in [4.78, 5) is 12.2. The molecule has 3 rings (SSSR count). The number of benzene rings is 2. The first-order valence-corrected chi connectivity index (χ1v) is 10.5. The number of amides is 1. The maximum Gasteiger partial charge on any atom is 0.243 e. The van der Waals surface area contributed by atoms with Crippen LogP contribution < -0.4 is 10.6 Å². The fourth-order valence-electron chi connectivity index (χ4n) is 3.03. The van der Waals surface area contributed by atoms with E-state index in [0.717, 1.165) is 31.4 Å². The summed E-state index contributed by atoms with van der Waals surface area (Å²) in [6.45, 7) is 0.496. The molecule has 1 fully saturated rings. The van der Waals surface area contributed by atoms with E-state index in [1.54, 1.807) is 0 Å². The highest BCUT2D eigenvalue weighted by atomic mass is 32.2. The van der Waals surface area contributed by atoms with Crippen molar-refractivity contribution < 1.29 is 26.4 Å². The topological polar surface area (TPSA) is 78.5 Å². The second-order valence-corrected chi connectivity index (χ2v) is 8.56. The standard InChI is InChI=1S/C19H20F3N3O3S/c20-15-7-8-16(19(22)18(15)21)23-12-17(26)24-13-5-4-6-14(11-13)29(27,28)25-9-2-1-3-10-25/h4-8,11,23H,1-3,9-10,12H2,(H,24,26). The molecule has 1 aliphatic rings. The zero-order chi connectivity index (χ0) is 21.0. The van der Waals surface area contributed by atoms with E-state index in [-0.39, 0.29) is 16.3 Å². The second kappa shape index (κ2) is 8.83. The molecule has 0 aliphatic carbocycles. The van der Waals surface area contributed by atoms with Crippen LogP contribution in [0.25, 0.3) is 0 Å². The molecule has 0 unspecified atom stereocenters. The monoisotopic (exact) mass is 427 g/mol. The number of anilines is 2. The number of carbonyl (C=O) groups is 1. The van der Waals surface area contributed by atoms with Gasteiger partial charge in [-0.05, 0) is 43.2 Å². The first kappa shape index (κ1) is 21.1. The van der Waals surface area contributed by atoms with E-state index in [1.165, 1.54) is 28.6 Å². The molecular formula is C19H20F3N3O3S. The molecule has 0 atom stereocenters. The zero-order valence-corrected chi connectivity index (χ0v) is 16.2. The molecular weight excluding hydrogens is 407 g/mol. The number of halogens is 3. The van der Waals surface area contributed by atoms with Gasteiger partial charge in [-0.1, -0.05) is 12.5 Å². The van der Waals surface area contributed by atoms with E-state index in [1.807, 2.05) is 0 Å². The van der Waals surface area contributed by atoms with Crippen molar-refractivity contribution >= 4 is 27.3 Å². The van der Waals surface area contributed by atoms with Gasteiger partial charge in [0.15, 0.2) is 17.5 Å². The number of piperidine rings is 1. The first-order chi connectivity index (χ1) is 13.8. The number of hydrogen-bond donors (Lipinski definition) is 2. The molecule has 0 spiro atoms. The van der Waals surface area contributed by atoms with Gasteiger partial charge in [0, 0.05) is 18.8 Å². The van der Waals surface area contributed by atoms with Crippen molar-refractivity contribution in [2.75, 3.05) is 30.3 Å². The van der Waals surface area contributed by atoms with Crippen LogP contribution >= 0.6 is 0 Å². The predicted molar refractivity (Wildman–Crippen MR) is 102 cm³/mol. The van der Waals surface area contributed by atoms with Crippen molar-refractivity contribution in [3.63, 3.8) is 0 Å². The van der Waals surface area contributed by atoms with Crippen molar-refractivity contribution in [1.29, 1.82) is 0 Å². The average molecular weight is 427 g/mol. The van der Waals surface area contributed by atoms with Gasteiger partial charge in [0.2, 0.25) is 15.9 Å². The Kier molecular flexibility index (Phi) is 6.43. The molecule has 6 nitrogen and oxygen atoms in total. The summed E-state index contributed by atoms with van der Waals surface area (Å²) in [6, 6.07) is 7.55. The fourth-order valence-corrected chi connectivity index (χ4v) is 4.60. The lowest BCUT2D eigenvalue weighted by Gasteiger charge is -2.26. The largest absolute Gasteiger partial charge is 0.374 e. The number of carbonyl (C=O) groups excluding carboxylic acids is 1. The lowest BCUT2D eigenvalue weighted by atomic mass is 10.2. The summed E-state index contributed by atoms with van der Waals surface area (Å²) < 4.78 is 66.7. The highest BCUT2D eigenvalue weighted by molar-refractivity contribution is 7.89. The Morgan fingerprint density at radius 1 is 1.00 bits per heavy atom. The minimum atomic E-state index is -3.65. The van der Waals surface area contributed by atoms with E-state index in [4.69, 9.17) is 0 Å². The third-order valence-electron chi connectivity index (χ3n) is 4.55. The van der Waals surface area contributed by atoms with Crippen molar-refractivity contribution in [2.24, 2.45) is 0 Å². The number of nitrogens with zero attached hydrogens (tertiary/aromatic N) is 1. The molecule has 156 valence electrons. The van der Waals surface area contributed by atoms with Crippen LogP contribution in [0.2, 0.25) is 0 Å². The van der Waals surface area contributed by atoms with E-state index < -0.39 is 39.9 Å². The van der Waals surface area contributed by atoms with Gasteiger partial charge in [-0.3, -0.25) is 4.79 Å². The summed E-state index contributed by atoms with van der Waals surface area (Å²) in [6.07, 6.45) is 2.61. The van der Waals surface area contributed by atoms with Gasteiger partial charge in [-0.25, -0.2) is 21.6 Å². The normalized spacial score (nSPS) is 15.1. The Morgan fingerprint density at radius 3 is 2.45 bits per heavy atom. The minimum Gasteiger partial charge on any atom is -0.374 e. The number of hydrogen-bond acceptors (Lipinski definition) is 4. The molecule has 1 saturated heterocycles. The Bertz CT molecular complexity index is 1010. The SMILES string of the molecule is O=C(CNc1ccc(F)c(F)c1F)Nc1cccc(S(=O)(=O)N2CCCCC2)c1. The van der Waals surface area contributed by atoms with Crippen molar-refractivity contribution in [2.45, 2.75) is 24.2 Å². The minimum absolute atomic E-state index is 0.0665. The molecule has 2 aromatic rings. The Hall–Kier alpha value is -2.59. The molecule has 29 heavy (non-hydrogen) atoms. The summed E-state index contributed by atoms with van der Waals surface area (Å²) in [5.41, 5.74) is -0.110. The van der Waals surface area contributed by atoms with Gasteiger partial charge < -0.3 is 10.6 Å². The Labute approximate surface area is 166 Å². The molecule has 1 heterocycles. The van der Waals surface area contributed by atoms with Gasteiger partial charge >= 0.3 is 0 Å². The Morgan fingerprint density at radius 2 is 1.72 bits per heavy atom. The lowest BCUT2D eigenvalue weighted by molar-refractivity contribution is -0.114. The van der Waals surface area contributed by atoms with E-state index in [2.05, 4.69) is 10.6 Å². The third-order valence-corrected chi connectivity index (χ3v) is 6.44. The zero-order valence-electron chi connectivity index (χ0n) is 15.4. The van der Waals surface area contributed by atoms with Gasteiger partial charge in [0.25, 0.3) is 0 Å². The Balaban J connectivity index is 1.65. The molecule has 10 heteroatoms. The van der Waals surface area contributed by atoms with Gasteiger partial charge in [0.1, 0.15) is 0 Å². The quantitative estimate of drug-likeness (QED) is 0.694. The number of rotatable bonds is 6. The number of sulfonamides is 1. The predicted octanol–water partition coefficient (Wildman–Crippen LogP) is 3.33. The smallest absolute Gasteiger partial charge is 0.243 e. The van der Waals surface area contributed by atoms with Crippen molar-refractivity contribution in [1.82, 2.24) is 4.31 Å². The second-order valence-electron chi connectivity index (χ2n) is 6.62.